The molecule has 0 atom stereocenters. The molecular weight excluding hydrogens is 323 g/mol. The standard InChI is InChI=1S/C15H12Cl2N4O/c1-8-18-13-5-3-10(7-14(13)19-8)21-15(22)20-9-2-4-11(16)12(17)6-9/h2-7,18-19H,1H2,(H2,20,21,22). The molecule has 0 fully saturated rings. The molecule has 0 aliphatic carbocycles. The number of nitrogens with one attached hydrogen (secondary N) is 4. The Kier molecular flexibility index (Phi) is 3.83. The number of anilines is 4. The molecule has 1 aliphatic heterocycles. The van der Waals surface area contributed by atoms with Crippen LogP contribution in [0, 0.1) is 0 Å². The predicted octanol–water partition coefficient (Wildman–Crippen LogP) is 4.95. The van der Waals surface area contributed by atoms with E-state index in [-0.39, 0.29) is 6.03 Å². The number of halogens is 2. The second-order valence-electron chi connectivity index (χ2n) is 4.70. The monoisotopic (exact) mass is 334 g/mol. The summed E-state index contributed by atoms with van der Waals surface area (Å²) >= 11 is 11.7. The third kappa shape index (κ3) is 3.10. The van der Waals surface area contributed by atoms with Gasteiger partial charge >= 0.3 is 6.03 Å². The number of amides is 2. The molecule has 112 valence electrons. The first kappa shape index (κ1) is 14.6. The molecule has 1 aliphatic rings. The van der Waals surface area contributed by atoms with Crippen molar-refractivity contribution in [3.63, 3.8) is 0 Å². The molecule has 0 bridgehead atoms. The molecule has 0 unspecified atom stereocenters. The molecule has 2 aromatic rings. The average Bonchev–Trinajstić information content (AvgIpc) is 2.82. The molecule has 0 radical (unpaired) electrons. The number of rotatable bonds is 2. The van der Waals surface area contributed by atoms with Crippen molar-refractivity contribution in [3.05, 3.63) is 58.8 Å². The SMILES string of the molecule is C=C1Nc2ccc(NC(=O)Nc3ccc(Cl)c(Cl)c3)cc2N1. The Balaban J connectivity index is 1.68. The van der Waals surface area contributed by atoms with Crippen LogP contribution in [0.3, 0.4) is 0 Å². The molecule has 2 aromatic carbocycles. The summed E-state index contributed by atoms with van der Waals surface area (Å²) in [5, 5.41) is 12.4. The highest BCUT2D eigenvalue weighted by atomic mass is 35.5. The van der Waals surface area contributed by atoms with Crippen molar-refractivity contribution < 1.29 is 4.79 Å². The van der Waals surface area contributed by atoms with Crippen LogP contribution in [0.15, 0.2) is 48.8 Å². The highest BCUT2D eigenvalue weighted by Gasteiger charge is 2.13. The number of carbonyl (C=O) groups is 1. The third-order valence-electron chi connectivity index (χ3n) is 3.03. The fraction of sp³-hybridized carbons (Fsp3) is 0. The second kappa shape index (κ2) is 5.79. The predicted molar refractivity (Wildman–Crippen MR) is 91.9 cm³/mol. The van der Waals surface area contributed by atoms with Gasteiger partial charge in [-0.1, -0.05) is 29.8 Å². The van der Waals surface area contributed by atoms with Crippen LogP contribution in [0.5, 0.6) is 0 Å². The summed E-state index contributed by atoms with van der Waals surface area (Å²) in [7, 11) is 0. The van der Waals surface area contributed by atoms with E-state index in [1.807, 2.05) is 12.1 Å². The molecule has 0 aromatic heterocycles. The lowest BCUT2D eigenvalue weighted by molar-refractivity contribution is 0.262. The van der Waals surface area contributed by atoms with Crippen molar-refractivity contribution in [2.75, 3.05) is 21.3 Å². The topological polar surface area (TPSA) is 65.2 Å². The van der Waals surface area contributed by atoms with E-state index in [4.69, 9.17) is 23.2 Å². The van der Waals surface area contributed by atoms with Crippen LogP contribution in [-0.2, 0) is 0 Å². The summed E-state index contributed by atoms with van der Waals surface area (Å²) in [5.41, 5.74) is 2.99. The van der Waals surface area contributed by atoms with Gasteiger partial charge in [-0.05, 0) is 36.4 Å². The van der Waals surface area contributed by atoms with Crippen molar-refractivity contribution >= 4 is 52.0 Å². The Labute approximate surface area is 137 Å². The summed E-state index contributed by atoms with van der Waals surface area (Å²) in [6, 6.07) is 9.97. The normalized spacial score (nSPS) is 12.2. The number of hydrogen-bond acceptors (Lipinski definition) is 3. The zero-order valence-electron chi connectivity index (χ0n) is 11.3. The lowest BCUT2D eigenvalue weighted by atomic mass is 10.2. The van der Waals surface area contributed by atoms with Crippen molar-refractivity contribution in [2.45, 2.75) is 0 Å². The molecule has 0 spiro atoms. The van der Waals surface area contributed by atoms with Gasteiger partial charge in [0.05, 0.1) is 21.4 Å². The maximum Gasteiger partial charge on any atom is 0.323 e. The van der Waals surface area contributed by atoms with Gasteiger partial charge < -0.3 is 21.3 Å². The molecule has 22 heavy (non-hydrogen) atoms. The Bertz CT molecular complexity index is 776. The number of carbonyl (C=O) groups excluding carboxylic acids is 1. The summed E-state index contributed by atoms with van der Waals surface area (Å²) in [5.74, 6) is 0.701. The molecule has 7 heteroatoms. The van der Waals surface area contributed by atoms with Gasteiger partial charge in [0.2, 0.25) is 0 Å². The van der Waals surface area contributed by atoms with Crippen molar-refractivity contribution in [3.8, 4) is 0 Å². The molecule has 3 rings (SSSR count). The van der Waals surface area contributed by atoms with Gasteiger partial charge in [0.1, 0.15) is 5.82 Å². The zero-order valence-corrected chi connectivity index (χ0v) is 12.8. The summed E-state index contributed by atoms with van der Waals surface area (Å²) in [4.78, 5) is 12.0. The van der Waals surface area contributed by atoms with E-state index in [1.165, 1.54) is 0 Å². The number of hydrogen-bond donors (Lipinski definition) is 4. The van der Waals surface area contributed by atoms with E-state index in [2.05, 4.69) is 27.8 Å². The molecule has 4 N–H and O–H groups in total. The first-order chi connectivity index (χ1) is 10.5. The van der Waals surface area contributed by atoms with Crippen LogP contribution in [0.1, 0.15) is 0 Å². The summed E-state index contributed by atoms with van der Waals surface area (Å²) in [6.45, 7) is 3.79. The fourth-order valence-corrected chi connectivity index (χ4v) is 2.36. The van der Waals surface area contributed by atoms with Gasteiger partial charge in [0.15, 0.2) is 0 Å². The van der Waals surface area contributed by atoms with Crippen LogP contribution in [-0.4, -0.2) is 6.03 Å². The quantitative estimate of drug-likeness (QED) is 0.628. The van der Waals surface area contributed by atoms with E-state index in [0.717, 1.165) is 11.4 Å². The van der Waals surface area contributed by atoms with Crippen LogP contribution in [0.2, 0.25) is 10.0 Å². The third-order valence-corrected chi connectivity index (χ3v) is 3.77. The molecule has 0 saturated carbocycles. The summed E-state index contributed by atoms with van der Waals surface area (Å²) in [6.07, 6.45) is 0. The summed E-state index contributed by atoms with van der Waals surface area (Å²) < 4.78 is 0. The second-order valence-corrected chi connectivity index (χ2v) is 5.51. The van der Waals surface area contributed by atoms with Crippen molar-refractivity contribution in [1.82, 2.24) is 0 Å². The van der Waals surface area contributed by atoms with Gasteiger partial charge in [-0.25, -0.2) is 4.79 Å². The van der Waals surface area contributed by atoms with Gasteiger partial charge in [0, 0.05) is 11.4 Å². The van der Waals surface area contributed by atoms with E-state index in [1.54, 1.807) is 24.3 Å². The molecule has 2 amide bonds. The van der Waals surface area contributed by atoms with E-state index >= 15 is 0 Å². The zero-order chi connectivity index (χ0) is 15.7. The number of benzene rings is 2. The van der Waals surface area contributed by atoms with Crippen LogP contribution in [0.25, 0.3) is 0 Å². The molecule has 0 saturated heterocycles. The van der Waals surface area contributed by atoms with E-state index in [0.29, 0.717) is 27.2 Å². The van der Waals surface area contributed by atoms with Crippen molar-refractivity contribution in [1.29, 1.82) is 0 Å². The molecule has 1 heterocycles. The van der Waals surface area contributed by atoms with Gasteiger partial charge in [-0.2, -0.15) is 0 Å². The molecule has 5 nitrogen and oxygen atoms in total. The van der Waals surface area contributed by atoms with Crippen molar-refractivity contribution in [2.24, 2.45) is 0 Å². The Hall–Kier alpha value is -2.37. The maximum absolute atomic E-state index is 12.0. The highest BCUT2D eigenvalue weighted by Crippen LogP contribution is 2.32. The number of urea groups is 1. The van der Waals surface area contributed by atoms with Crippen LogP contribution in [0.4, 0.5) is 27.5 Å². The fourth-order valence-electron chi connectivity index (χ4n) is 2.06. The van der Waals surface area contributed by atoms with Crippen LogP contribution >= 0.6 is 23.2 Å². The van der Waals surface area contributed by atoms with E-state index < -0.39 is 0 Å². The van der Waals surface area contributed by atoms with Gasteiger partial charge in [-0.15, -0.1) is 0 Å². The van der Waals surface area contributed by atoms with Gasteiger partial charge in [0.25, 0.3) is 0 Å². The lowest BCUT2D eigenvalue weighted by Crippen LogP contribution is -2.19. The Morgan fingerprint density at radius 1 is 0.909 bits per heavy atom. The lowest BCUT2D eigenvalue weighted by Gasteiger charge is -2.09. The maximum atomic E-state index is 12.0. The minimum Gasteiger partial charge on any atom is -0.341 e. The first-order valence-corrected chi connectivity index (χ1v) is 7.17. The van der Waals surface area contributed by atoms with E-state index in [9.17, 15) is 4.79 Å². The smallest absolute Gasteiger partial charge is 0.323 e. The molecular formula is C15H12Cl2N4O. The number of fused-ring (bicyclic) bond motifs is 1. The first-order valence-electron chi connectivity index (χ1n) is 6.41. The average molecular weight is 335 g/mol. The Morgan fingerprint density at radius 3 is 2.27 bits per heavy atom. The van der Waals surface area contributed by atoms with Crippen LogP contribution < -0.4 is 21.3 Å². The minimum atomic E-state index is -0.372. The Morgan fingerprint density at radius 2 is 1.55 bits per heavy atom. The minimum absolute atomic E-state index is 0.372. The largest absolute Gasteiger partial charge is 0.341 e. The van der Waals surface area contributed by atoms with Gasteiger partial charge in [-0.3, -0.25) is 0 Å². The highest BCUT2D eigenvalue weighted by molar-refractivity contribution is 6.42.